The number of rotatable bonds is 5. The number of carbonyl (C=O) groups excluding carboxylic acids is 1. The predicted molar refractivity (Wildman–Crippen MR) is 94.9 cm³/mol. The van der Waals surface area contributed by atoms with Gasteiger partial charge in [0.1, 0.15) is 5.69 Å². The zero-order valence-electron chi connectivity index (χ0n) is 12.9. The molecule has 1 amide bonds. The number of halogens is 2. The van der Waals surface area contributed by atoms with Crippen molar-refractivity contribution in [2.45, 2.75) is 25.0 Å². The van der Waals surface area contributed by atoms with Crippen LogP contribution >= 0.6 is 35.0 Å². The van der Waals surface area contributed by atoms with Crippen LogP contribution in [0.3, 0.4) is 0 Å². The van der Waals surface area contributed by atoms with Gasteiger partial charge in [0.05, 0.1) is 21.8 Å². The van der Waals surface area contributed by atoms with E-state index in [4.69, 9.17) is 29.0 Å². The van der Waals surface area contributed by atoms with Gasteiger partial charge in [0.15, 0.2) is 0 Å². The van der Waals surface area contributed by atoms with Crippen LogP contribution in [0.4, 0.5) is 0 Å². The van der Waals surface area contributed by atoms with E-state index in [1.165, 1.54) is 6.92 Å². The van der Waals surface area contributed by atoms with Crippen LogP contribution in [0.1, 0.15) is 24.2 Å². The highest BCUT2D eigenvalue weighted by molar-refractivity contribution is 7.99. The van der Waals surface area contributed by atoms with E-state index in [2.05, 4.69) is 15.5 Å². The van der Waals surface area contributed by atoms with Crippen LogP contribution < -0.4 is 16.7 Å². The number of aromatic nitrogens is 3. The van der Waals surface area contributed by atoms with E-state index in [1.54, 1.807) is 18.2 Å². The average molecular weight is 388 g/mol. The lowest BCUT2D eigenvalue weighted by molar-refractivity contribution is -0.119. The monoisotopic (exact) mass is 387 g/mol. The Kier molecular flexibility index (Phi) is 6.09. The van der Waals surface area contributed by atoms with Gasteiger partial charge in [-0.25, -0.2) is 0 Å². The van der Waals surface area contributed by atoms with Crippen molar-refractivity contribution in [2.24, 2.45) is 0 Å². The zero-order chi connectivity index (χ0) is 17.9. The maximum absolute atomic E-state index is 12.0. The molecule has 0 unspecified atom stereocenters. The van der Waals surface area contributed by atoms with Crippen molar-refractivity contribution in [2.75, 3.05) is 11.6 Å². The maximum atomic E-state index is 12.0. The topological polar surface area (TPSA) is 103 Å². The van der Waals surface area contributed by atoms with Crippen molar-refractivity contribution < 1.29 is 4.79 Å². The van der Waals surface area contributed by atoms with Crippen LogP contribution in [0.15, 0.2) is 28.2 Å². The number of hydrogen-bond donors (Lipinski definition) is 2. The summed E-state index contributed by atoms with van der Waals surface area (Å²) in [4.78, 5) is 23.7. The number of nitrogens with one attached hydrogen (secondary N) is 1. The summed E-state index contributed by atoms with van der Waals surface area (Å²) in [7, 11) is 0. The third kappa shape index (κ3) is 4.40. The summed E-state index contributed by atoms with van der Waals surface area (Å²) in [5.74, 6) is 5.41. The number of aryl methyl sites for hydroxylation is 1. The number of amides is 1. The number of nitrogen functional groups attached to an aromatic ring is 1. The van der Waals surface area contributed by atoms with E-state index in [-0.39, 0.29) is 28.6 Å². The highest BCUT2D eigenvalue weighted by Gasteiger charge is 2.14. The molecule has 128 valence electrons. The molecule has 1 atom stereocenters. The van der Waals surface area contributed by atoms with Gasteiger partial charge in [-0.15, -0.1) is 10.2 Å². The average Bonchev–Trinajstić information content (AvgIpc) is 2.54. The molecule has 1 heterocycles. The Labute approximate surface area is 152 Å². The fourth-order valence-electron chi connectivity index (χ4n) is 1.85. The second-order valence-electron chi connectivity index (χ2n) is 4.99. The molecule has 1 aromatic heterocycles. The SMILES string of the molecule is Cc1nnc(SCC(=O)N[C@H](C)c2ccc(Cl)c(Cl)c2)n(N)c1=O. The van der Waals surface area contributed by atoms with Gasteiger partial charge < -0.3 is 11.2 Å². The minimum Gasteiger partial charge on any atom is -0.349 e. The summed E-state index contributed by atoms with van der Waals surface area (Å²) in [6.45, 7) is 3.34. The van der Waals surface area contributed by atoms with Gasteiger partial charge >= 0.3 is 0 Å². The second kappa shape index (κ2) is 7.87. The van der Waals surface area contributed by atoms with Crippen molar-refractivity contribution in [1.82, 2.24) is 20.2 Å². The van der Waals surface area contributed by atoms with E-state index in [9.17, 15) is 9.59 Å². The number of nitrogens with zero attached hydrogens (tertiary/aromatic N) is 3. The first-order valence-electron chi connectivity index (χ1n) is 6.88. The van der Waals surface area contributed by atoms with Crippen LogP contribution in [0.2, 0.25) is 10.0 Å². The lowest BCUT2D eigenvalue weighted by atomic mass is 10.1. The first-order chi connectivity index (χ1) is 11.3. The molecule has 3 N–H and O–H groups in total. The Bertz CT molecular complexity index is 827. The molecular weight excluding hydrogens is 373 g/mol. The van der Waals surface area contributed by atoms with Gasteiger partial charge in [0.2, 0.25) is 11.1 Å². The van der Waals surface area contributed by atoms with Gasteiger partial charge in [-0.2, -0.15) is 4.68 Å². The molecule has 0 aliphatic rings. The number of nitrogens with two attached hydrogens (primary N) is 1. The van der Waals surface area contributed by atoms with Crippen LogP contribution in [-0.4, -0.2) is 26.5 Å². The summed E-state index contributed by atoms with van der Waals surface area (Å²) in [6.07, 6.45) is 0. The maximum Gasteiger partial charge on any atom is 0.294 e. The molecule has 0 saturated carbocycles. The van der Waals surface area contributed by atoms with Gasteiger partial charge in [-0.3, -0.25) is 9.59 Å². The van der Waals surface area contributed by atoms with Crippen molar-refractivity contribution in [3.05, 3.63) is 49.9 Å². The first-order valence-corrected chi connectivity index (χ1v) is 8.62. The second-order valence-corrected chi connectivity index (χ2v) is 6.75. The molecular formula is C14H15Cl2N5O2S. The van der Waals surface area contributed by atoms with Gasteiger partial charge in [-0.1, -0.05) is 41.0 Å². The molecule has 1 aromatic carbocycles. The molecule has 7 nitrogen and oxygen atoms in total. The highest BCUT2D eigenvalue weighted by Crippen LogP contribution is 2.25. The number of thioether (sulfide) groups is 1. The normalized spacial score (nSPS) is 12.0. The van der Waals surface area contributed by atoms with Gasteiger partial charge in [0, 0.05) is 0 Å². The lowest BCUT2D eigenvalue weighted by Gasteiger charge is -2.15. The van der Waals surface area contributed by atoms with Crippen LogP contribution in [0, 0.1) is 6.92 Å². The lowest BCUT2D eigenvalue weighted by Crippen LogP contribution is -2.33. The third-order valence-electron chi connectivity index (χ3n) is 3.17. The van der Waals surface area contributed by atoms with E-state index in [0.717, 1.165) is 22.0 Å². The van der Waals surface area contributed by atoms with E-state index >= 15 is 0 Å². The molecule has 0 spiro atoms. The Hall–Kier alpha value is -1.77. The van der Waals surface area contributed by atoms with E-state index < -0.39 is 5.56 Å². The molecule has 0 bridgehead atoms. The number of hydrogen-bond acceptors (Lipinski definition) is 6. The smallest absolute Gasteiger partial charge is 0.294 e. The number of carbonyl (C=O) groups is 1. The van der Waals surface area contributed by atoms with E-state index in [1.807, 2.05) is 6.92 Å². The standard InChI is InChI=1S/C14H15Cl2N5O2S/c1-7(9-3-4-10(15)11(16)5-9)18-12(22)6-24-14-20-19-8(2)13(23)21(14)17/h3-5,7H,6,17H2,1-2H3,(H,18,22)/t7-/m1/s1. The summed E-state index contributed by atoms with van der Waals surface area (Å²) < 4.78 is 0.878. The minimum atomic E-state index is -0.447. The molecule has 0 radical (unpaired) electrons. The van der Waals surface area contributed by atoms with Gasteiger partial charge in [0.25, 0.3) is 5.56 Å². The molecule has 0 fully saturated rings. The van der Waals surface area contributed by atoms with Crippen LogP contribution in [0.5, 0.6) is 0 Å². The van der Waals surface area contributed by atoms with Crippen molar-refractivity contribution in [1.29, 1.82) is 0 Å². The molecule has 2 aromatic rings. The summed E-state index contributed by atoms with van der Waals surface area (Å²) in [6, 6.07) is 4.91. The minimum absolute atomic E-state index is 0.0417. The third-order valence-corrected chi connectivity index (χ3v) is 4.86. The Morgan fingerprint density at radius 3 is 2.75 bits per heavy atom. The largest absolute Gasteiger partial charge is 0.349 e. The van der Waals surface area contributed by atoms with Crippen LogP contribution in [-0.2, 0) is 4.79 Å². The molecule has 0 aliphatic heterocycles. The molecule has 0 aliphatic carbocycles. The Morgan fingerprint density at radius 1 is 1.38 bits per heavy atom. The van der Waals surface area contributed by atoms with E-state index in [0.29, 0.717) is 10.0 Å². The highest BCUT2D eigenvalue weighted by atomic mass is 35.5. The van der Waals surface area contributed by atoms with Gasteiger partial charge in [-0.05, 0) is 31.5 Å². The fourth-order valence-corrected chi connectivity index (χ4v) is 2.82. The summed E-state index contributed by atoms with van der Waals surface area (Å²) in [5.41, 5.74) is 0.574. The Morgan fingerprint density at radius 2 is 2.08 bits per heavy atom. The van der Waals surface area contributed by atoms with Crippen molar-refractivity contribution in [3.63, 3.8) is 0 Å². The molecule has 2 rings (SSSR count). The van der Waals surface area contributed by atoms with Crippen molar-refractivity contribution >= 4 is 40.9 Å². The van der Waals surface area contributed by atoms with Crippen molar-refractivity contribution in [3.8, 4) is 0 Å². The first kappa shape index (κ1) is 18.6. The molecule has 0 saturated heterocycles. The fraction of sp³-hybridized carbons (Fsp3) is 0.286. The molecule has 24 heavy (non-hydrogen) atoms. The predicted octanol–water partition coefficient (Wildman–Crippen LogP) is 1.94. The summed E-state index contributed by atoms with van der Waals surface area (Å²) >= 11 is 12.9. The number of benzene rings is 1. The summed E-state index contributed by atoms with van der Waals surface area (Å²) in [5, 5.41) is 11.4. The Balaban J connectivity index is 1.97. The quantitative estimate of drug-likeness (QED) is 0.600. The van der Waals surface area contributed by atoms with Crippen LogP contribution in [0.25, 0.3) is 0 Å². The zero-order valence-corrected chi connectivity index (χ0v) is 15.2. The molecule has 10 heteroatoms.